The zero-order chi connectivity index (χ0) is 15.4. The summed E-state index contributed by atoms with van der Waals surface area (Å²) in [5, 5.41) is 0. The molecule has 2 N–H and O–H groups in total. The molecule has 1 aromatic heterocycles. The Morgan fingerprint density at radius 2 is 1.73 bits per heavy atom. The molecular formula is C16H19N5O. The largest absolute Gasteiger partial charge is 0.382 e. The molecule has 22 heavy (non-hydrogen) atoms. The van der Waals surface area contributed by atoms with Crippen LogP contribution in [-0.4, -0.2) is 51.9 Å². The molecule has 1 fully saturated rings. The highest BCUT2D eigenvalue weighted by molar-refractivity contribution is 5.96. The van der Waals surface area contributed by atoms with Gasteiger partial charge in [0.1, 0.15) is 0 Å². The lowest BCUT2D eigenvalue weighted by molar-refractivity contribution is 0.0623. The lowest BCUT2D eigenvalue weighted by Gasteiger charge is -2.34. The molecule has 0 aliphatic carbocycles. The number of benzene rings is 1. The number of carbonyl (C=O) groups excluding carboxylic acids is 1. The van der Waals surface area contributed by atoms with Crippen LogP contribution in [0.25, 0.3) is 0 Å². The molecule has 3 rings (SSSR count). The summed E-state index contributed by atoms with van der Waals surface area (Å²) in [6.07, 6.45) is 2.99. The molecule has 1 aromatic carbocycles. The fourth-order valence-electron chi connectivity index (χ4n) is 2.61. The monoisotopic (exact) mass is 297 g/mol. The van der Waals surface area contributed by atoms with Gasteiger partial charge in [-0.1, -0.05) is 30.3 Å². The quantitative estimate of drug-likeness (QED) is 0.915. The van der Waals surface area contributed by atoms with Gasteiger partial charge in [-0.15, -0.1) is 0 Å². The summed E-state index contributed by atoms with van der Waals surface area (Å²) in [4.78, 5) is 24.5. The topological polar surface area (TPSA) is 75.3 Å². The van der Waals surface area contributed by atoms with Gasteiger partial charge in [-0.25, -0.2) is 9.97 Å². The molecule has 2 heterocycles. The molecular weight excluding hydrogens is 278 g/mol. The summed E-state index contributed by atoms with van der Waals surface area (Å²) in [5.74, 6) is 0.0594. The van der Waals surface area contributed by atoms with Crippen LogP contribution in [0.1, 0.15) is 16.1 Å². The van der Waals surface area contributed by atoms with E-state index in [2.05, 4.69) is 27.0 Å². The zero-order valence-corrected chi connectivity index (χ0v) is 12.4. The lowest BCUT2D eigenvalue weighted by Crippen LogP contribution is -2.48. The molecule has 2 aromatic rings. The number of nitrogens with zero attached hydrogens (tertiary/aromatic N) is 4. The Morgan fingerprint density at radius 3 is 2.41 bits per heavy atom. The van der Waals surface area contributed by atoms with Crippen molar-refractivity contribution < 1.29 is 4.79 Å². The predicted molar refractivity (Wildman–Crippen MR) is 84.1 cm³/mol. The Hall–Kier alpha value is -2.47. The van der Waals surface area contributed by atoms with Crippen LogP contribution in [0.2, 0.25) is 0 Å². The third-order valence-electron chi connectivity index (χ3n) is 3.84. The van der Waals surface area contributed by atoms with Gasteiger partial charge in [-0.05, 0) is 5.56 Å². The van der Waals surface area contributed by atoms with Crippen molar-refractivity contribution in [1.29, 1.82) is 0 Å². The number of nitrogens with two attached hydrogens (primary N) is 1. The molecule has 114 valence electrons. The minimum Gasteiger partial charge on any atom is -0.382 e. The van der Waals surface area contributed by atoms with Gasteiger partial charge in [0.25, 0.3) is 5.91 Å². The first-order valence-corrected chi connectivity index (χ1v) is 7.36. The number of anilines is 1. The van der Waals surface area contributed by atoms with E-state index in [1.807, 2.05) is 18.2 Å². The molecule has 0 bridgehead atoms. The van der Waals surface area contributed by atoms with E-state index in [-0.39, 0.29) is 17.4 Å². The number of rotatable bonds is 3. The number of hydrogen-bond acceptors (Lipinski definition) is 5. The fraction of sp³-hybridized carbons (Fsp3) is 0.312. The van der Waals surface area contributed by atoms with E-state index in [0.717, 1.165) is 19.6 Å². The zero-order valence-electron chi connectivity index (χ0n) is 12.4. The summed E-state index contributed by atoms with van der Waals surface area (Å²) in [7, 11) is 0. The SMILES string of the molecule is Nc1nccnc1C(=O)N1CCN(Cc2ccccc2)CC1. The van der Waals surface area contributed by atoms with Gasteiger partial charge in [0.2, 0.25) is 0 Å². The molecule has 0 unspecified atom stereocenters. The van der Waals surface area contributed by atoms with E-state index >= 15 is 0 Å². The van der Waals surface area contributed by atoms with Crippen LogP contribution in [-0.2, 0) is 6.54 Å². The second-order valence-corrected chi connectivity index (χ2v) is 5.34. The van der Waals surface area contributed by atoms with Crippen LogP contribution >= 0.6 is 0 Å². The normalized spacial score (nSPS) is 15.7. The maximum absolute atomic E-state index is 12.4. The van der Waals surface area contributed by atoms with Gasteiger partial charge >= 0.3 is 0 Å². The Labute approximate surface area is 129 Å². The second-order valence-electron chi connectivity index (χ2n) is 5.34. The molecule has 0 saturated carbocycles. The van der Waals surface area contributed by atoms with Gasteiger partial charge in [0, 0.05) is 45.1 Å². The first-order valence-electron chi connectivity index (χ1n) is 7.36. The minimum absolute atomic E-state index is 0.134. The average Bonchev–Trinajstić information content (AvgIpc) is 2.56. The molecule has 6 heteroatoms. The van der Waals surface area contributed by atoms with Crippen molar-refractivity contribution >= 4 is 11.7 Å². The van der Waals surface area contributed by atoms with E-state index in [9.17, 15) is 4.79 Å². The third-order valence-corrected chi connectivity index (χ3v) is 3.84. The molecule has 6 nitrogen and oxygen atoms in total. The molecule has 0 radical (unpaired) electrons. The van der Waals surface area contributed by atoms with Gasteiger partial charge in [0.05, 0.1) is 0 Å². The molecule has 1 saturated heterocycles. The average molecular weight is 297 g/mol. The first-order chi connectivity index (χ1) is 10.7. The van der Waals surface area contributed by atoms with Gasteiger partial charge in [0.15, 0.2) is 11.5 Å². The predicted octanol–water partition coefficient (Wildman–Crippen LogP) is 1.02. The molecule has 1 aliphatic heterocycles. The highest BCUT2D eigenvalue weighted by Gasteiger charge is 2.24. The van der Waals surface area contributed by atoms with E-state index in [0.29, 0.717) is 13.1 Å². The number of carbonyl (C=O) groups is 1. The highest BCUT2D eigenvalue weighted by atomic mass is 16.2. The number of aromatic nitrogens is 2. The number of piperazine rings is 1. The van der Waals surface area contributed by atoms with Crippen molar-refractivity contribution in [2.45, 2.75) is 6.54 Å². The van der Waals surface area contributed by atoms with Crippen LogP contribution < -0.4 is 5.73 Å². The third kappa shape index (κ3) is 3.23. The Morgan fingerprint density at radius 1 is 1.05 bits per heavy atom. The van der Waals surface area contributed by atoms with Crippen molar-refractivity contribution in [3.63, 3.8) is 0 Å². The van der Waals surface area contributed by atoms with Crippen molar-refractivity contribution in [3.8, 4) is 0 Å². The van der Waals surface area contributed by atoms with Crippen LogP contribution in [0.3, 0.4) is 0 Å². The maximum atomic E-state index is 12.4. The van der Waals surface area contributed by atoms with Crippen LogP contribution in [0, 0.1) is 0 Å². The Bertz CT molecular complexity index is 638. The molecule has 0 spiro atoms. The molecule has 1 aliphatic rings. The van der Waals surface area contributed by atoms with Crippen molar-refractivity contribution in [3.05, 3.63) is 54.0 Å². The summed E-state index contributed by atoms with van der Waals surface area (Å²) < 4.78 is 0. The van der Waals surface area contributed by atoms with E-state index in [1.54, 1.807) is 4.90 Å². The molecule has 0 atom stereocenters. The Balaban J connectivity index is 1.58. The van der Waals surface area contributed by atoms with E-state index in [4.69, 9.17) is 5.73 Å². The highest BCUT2D eigenvalue weighted by Crippen LogP contribution is 2.12. The number of hydrogen-bond donors (Lipinski definition) is 1. The number of nitrogen functional groups attached to an aromatic ring is 1. The van der Waals surface area contributed by atoms with Gasteiger partial charge in [-0.2, -0.15) is 0 Å². The van der Waals surface area contributed by atoms with Crippen molar-refractivity contribution in [2.75, 3.05) is 31.9 Å². The first kappa shape index (κ1) is 14.5. The van der Waals surface area contributed by atoms with Crippen LogP contribution in [0.4, 0.5) is 5.82 Å². The summed E-state index contributed by atoms with van der Waals surface area (Å²) in [6, 6.07) is 10.4. The summed E-state index contributed by atoms with van der Waals surface area (Å²) in [5.41, 5.74) is 7.27. The van der Waals surface area contributed by atoms with Gasteiger partial charge < -0.3 is 10.6 Å². The molecule has 1 amide bonds. The minimum atomic E-state index is -0.134. The van der Waals surface area contributed by atoms with Crippen molar-refractivity contribution in [2.24, 2.45) is 0 Å². The number of amides is 1. The van der Waals surface area contributed by atoms with E-state index in [1.165, 1.54) is 18.0 Å². The Kier molecular flexibility index (Phi) is 4.29. The van der Waals surface area contributed by atoms with Gasteiger partial charge in [-0.3, -0.25) is 9.69 Å². The summed E-state index contributed by atoms with van der Waals surface area (Å²) in [6.45, 7) is 3.97. The summed E-state index contributed by atoms with van der Waals surface area (Å²) >= 11 is 0. The van der Waals surface area contributed by atoms with E-state index < -0.39 is 0 Å². The fourth-order valence-corrected chi connectivity index (χ4v) is 2.61. The standard InChI is InChI=1S/C16H19N5O/c17-15-14(18-6-7-19-15)16(22)21-10-8-20(9-11-21)12-13-4-2-1-3-5-13/h1-7H,8-12H2,(H2,17,19). The maximum Gasteiger partial charge on any atom is 0.276 e. The second kappa shape index (κ2) is 6.53. The van der Waals surface area contributed by atoms with Crippen LogP contribution in [0.15, 0.2) is 42.7 Å². The van der Waals surface area contributed by atoms with Crippen LogP contribution in [0.5, 0.6) is 0 Å². The van der Waals surface area contributed by atoms with Crippen molar-refractivity contribution in [1.82, 2.24) is 19.8 Å². The smallest absolute Gasteiger partial charge is 0.276 e. The lowest BCUT2D eigenvalue weighted by atomic mass is 10.2.